The van der Waals surface area contributed by atoms with Crippen LogP contribution in [0.1, 0.15) is 15.9 Å². The number of aromatic nitrogens is 1. The molecule has 1 aliphatic rings. The van der Waals surface area contributed by atoms with Gasteiger partial charge in [0.1, 0.15) is 0 Å². The molecule has 7 heteroatoms. The van der Waals surface area contributed by atoms with Crippen LogP contribution in [0.2, 0.25) is 0 Å². The molecule has 0 N–H and O–H groups in total. The average molecular weight is 371 g/mol. The standard InChI is InChI=1S/C20H25N3O4/c1-25-17-11-16(12-18(26-2)19(17)27-3)20(24)23-9-7-22(8-10-23)14-15-5-4-6-21-13-15/h4-6,11-13H,7-10,14H2,1-3H3. The molecule has 0 saturated carbocycles. The van der Waals surface area contributed by atoms with Crippen molar-refractivity contribution in [1.29, 1.82) is 0 Å². The van der Waals surface area contributed by atoms with Crippen LogP contribution in [0.25, 0.3) is 0 Å². The summed E-state index contributed by atoms with van der Waals surface area (Å²) in [6.45, 7) is 3.85. The van der Waals surface area contributed by atoms with E-state index >= 15 is 0 Å². The minimum absolute atomic E-state index is 0.0321. The van der Waals surface area contributed by atoms with Crippen LogP contribution in [-0.2, 0) is 6.54 Å². The topological polar surface area (TPSA) is 64.1 Å². The van der Waals surface area contributed by atoms with E-state index in [0.717, 1.165) is 19.6 Å². The zero-order chi connectivity index (χ0) is 19.2. The van der Waals surface area contributed by atoms with Crippen LogP contribution in [0.3, 0.4) is 0 Å². The molecule has 2 aromatic rings. The fraction of sp³-hybridized carbons (Fsp3) is 0.400. The van der Waals surface area contributed by atoms with Crippen molar-refractivity contribution >= 4 is 5.91 Å². The van der Waals surface area contributed by atoms with Crippen molar-refractivity contribution in [3.8, 4) is 17.2 Å². The molecule has 3 rings (SSSR count). The van der Waals surface area contributed by atoms with Gasteiger partial charge in [-0.2, -0.15) is 0 Å². The van der Waals surface area contributed by atoms with Gasteiger partial charge < -0.3 is 19.1 Å². The smallest absolute Gasteiger partial charge is 0.254 e. The Morgan fingerprint density at radius 2 is 1.70 bits per heavy atom. The van der Waals surface area contributed by atoms with Crippen molar-refractivity contribution in [1.82, 2.24) is 14.8 Å². The molecule has 0 aliphatic carbocycles. The summed E-state index contributed by atoms with van der Waals surface area (Å²) in [6, 6.07) is 7.41. The molecule has 0 spiro atoms. The minimum atomic E-state index is -0.0321. The summed E-state index contributed by atoms with van der Waals surface area (Å²) in [4.78, 5) is 21.3. The first-order valence-corrected chi connectivity index (χ1v) is 8.86. The number of nitrogens with zero attached hydrogens (tertiary/aromatic N) is 3. The lowest BCUT2D eigenvalue weighted by Crippen LogP contribution is -2.48. The first kappa shape index (κ1) is 19.0. The Kier molecular flexibility index (Phi) is 6.13. The molecular formula is C20H25N3O4. The van der Waals surface area contributed by atoms with Gasteiger partial charge in [0.25, 0.3) is 5.91 Å². The molecule has 1 aromatic heterocycles. The molecule has 27 heavy (non-hydrogen) atoms. The SMILES string of the molecule is COc1cc(C(=O)N2CCN(Cc3cccnc3)CC2)cc(OC)c1OC. The zero-order valence-corrected chi connectivity index (χ0v) is 16.0. The number of carbonyl (C=O) groups excluding carboxylic acids is 1. The number of benzene rings is 1. The minimum Gasteiger partial charge on any atom is -0.493 e. The Hall–Kier alpha value is -2.80. The number of rotatable bonds is 6. The van der Waals surface area contributed by atoms with Gasteiger partial charge in [-0.1, -0.05) is 6.07 Å². The number of ether oxygens (including phenoxy) is 3. The Balaban J connectivity index is 1.67. The van der Waals surface area contributed by atoms with Crippen LogP contribution in [0, 0.1) is 0 Å². The van der Waals surface area contributed by atoms with Crippen molar-refractivity contribution in [3.05, 3.63) is 47.8 Å². The van der Waals surface area contributed by atoms with Gasteiger partial charge in [0, 0.05) is 50.7 Å². The molecule has 1 fully saturated rings. The van der Waals surface area contributed by atoms with Crippen LogP contribution < -0.4 is 14.2 Å². The third-order valence-electron chi connectivity index (χ3n) is 4.70. The van der Waals surface area contributed by atoms with E-state index in [1.165, 1.54) is 5.56 Å². The van der Waals surface area contributed by atoms with Crippen molar-refractivity contribution < 1.29 is 19.0 Å². The summed E-state index contributed by atoms with van der Waals surface area (Å²) in [7, 11) is 4.63. The second-order valence-corrected chi connectivity index (χ2v) is 6.34. The molecule has 1 amide bonds. The second kappa shape index (κ2) is 8.73. The van der Waals surface area contributed by atoms with Crippen LogP contribution >= 0.6 is 0 Å². The third-order valence-corrected chi connectivity index (χ3v) is 4.70. The van der Waals surface area contributed by atoms with Crippen molar-refractivity contribution in [2.24, 2.45) is 0 Å². The predicted octanol–water partition coefficient (Wildman–Crippen LogP) is 2.07. The number of hydrogen-bond acceptors (Lipinski definition) is 6. The van der Waals surface area contributed by atoms with Gasteiger partial charge in [-0.25, -0.2) is 0 Å². The van der Waals surface area contributed by atoms with E-state index < -0.39 is 0 Å². The van der Waals surface area contributed by atoms with E-state index in [4.69, 9.17) is 14.2 Å². The number of carbonyl (C=O) groups is 1. The number of amides is 1. The maximum Gasteiger partial charge on any atom is 0.254 e. The van der Waals surface area contributed by atoms with E-state index in [9.17, 15) is 4.79 Å². The largest absolute Gasteiger partial charge is 0.493 e. The number of pyridine rings is 1. The number of hydrogen-bond donors (Lipinski definition) is 0. The summed E-state index contributed by atoms with van der Waals surface area (Å²) in [5, 5.41) is 0. The highest BCUT2D eigenvalue weighted by molar-refractivity contribution is 5.95. The van der Waals surface area contributed by atoms with Gasteiger partial charge in [0.15, 0.2) is 11.5 Å². The zero-order valence-electron chi connectivity index (χ0n) is 16.0. The van der Waals surface area contributed by atoms with Crippen molar-refractivity contribution in [2.75, 3.05) is 47.5 Å². The van der Waals surface area contributed by atoms with Crippen molar-refractivity contribution in [3.63, 3.8) is 0 Å². The first-order chi connectivity index (χ1) is 13.2. The molecule has 7 nitrogen and oxygen atoms in total. The van der Waals surface area contributed by atoms with E-state index in [2.05, 4.69) is 16.0 Å². The van der Waals surface area contributed by atoms with Gasteiger partial charge in [0.05, 0.1) is 21.3 Å². The molecule has 0 radical (unpaired) electrons. The van der Waals surface area contributed by atoms with Gasteiger partial charge in [-0.05, 0) is 23.8 Å². The second-order valence-electron chi connectivity index (χ2n) is 6.34. The summed E-state index contributed by atoms with van der Waals surface area (Å²) >= 11 is 0. The fourth-order valence-electron chi connectivity index (χ4n) is 3.25. The molecule has 0 bridgehead atoms. The summed E-state index contributed by atoms with van der Waals surface area (Å²) in [6.07, 6.45) is 3.66. The molecule has 0 unspecified atom stereocenters. The summed E-state index contributed by atoms with van der Waals surface area (Å²) in [5.74, 6) is 1.42. The predicted molar refractivity (Wildman–Crippen MR) is 102 cm³/mol. The number of methoxy groups -OCH3 is 3. The Labute approximate surface area is 159 Å². The van der Waals surface area contributed by atoms with E-state index in [0.29, 0.717) is 35.9 Å². The monoisotopic (exact) mass is 371 g/mol. The lowest BCUT2D eigenvalue weighted by molar-refractivity contribution is 0.0627. The quantitative estimate of drug-likeness (QED) is 0.775. The highest BCUT2D eigenvalue weighted by atomic mass is 16.5. The van der Waals surface area contributed by atoms with Gasteiger partial charge >= 0.3 is 0 Å². The van der Waals surface area contributed by atoms with Crippen LogP contribution in [0.4, 0.5) is 0 Å². The molecule has 1 aliphatic heterocycles. The van der Waals surface area contributed by atoms with Gasteiger partial charge in [-0.15, -0.1) is 0 Å². The molecule has 144 valence electrons. The van der Waals surface area contributed by atoms with Gasteiger partial charge in [-0.3, -0.25) is 14.7 Å². The van der Waals surface area contributed by atoms with E-state index in [-0.39, 0.29) is 5.91 Å². The molecule has 1 saturated heterocycles. The van der Waals surface area contributed by atoms with Crippen LogP contribution in [0.15, 0.2) is 36.7 Å². The van der Waals surface area contributed by atoms with Crippen LogP contribution in [0.5, 0.6) is 17.2 Å². The first-order valence-electron chi connectivity index (χ1n) is 8.86. The van der Waals surface area contributed by atoms with Crippen LogP contribution in [-0.4, -0.2) is 68.2 Å². The molecule has 1 aromatic carbocycles. The normalized spacial score (nSPS) is 14.7. The van der Waals surface area contributed by atoms with E-state index in [1.807, 2.05) is 17.2 Å². The average Bonchev–Trinajstić information content (AvgIpc) is 2.73. The highest BCUT2D eigenvalue weighted by Gasteiger charge is 2.24. The third kappa shape index (κ3) is 4.31. The summed E-state index contributed by atoms with van der Waals surface area (Å²) in [5.41, 5.74) is 1.71. The fourth-order valence-corrected chi connectivity index (χ4v) is 3.25. The molecular weight excluding hydrogens is 346 g/mol. The summed E-state index contributed by atoms with van der Waals surface area (Å²) < 4.78 is 16.0. The number of piperazine rings is 1. The Bertz CT molecular complexity index is 749. The van der Waals surface area contributed by atoms with Crippen molar-refractivity contribution in [2.45, 2.75) is 6.54 Å². The van der Waals surface area contributed by atoms with E-state index in [1.54, 1.807) is 39.7 Å². The lowest BCUT2D eigenvalue weighted by atomic mass is 10.1. The lowest BCUT2D eigenvalue weighted by Gasteiger charge is -2.34. The highest BCUT2D eigenvalue weighted by Crippen LogP contribution is 2.38. The van der Waals surface area contributed by atoms with Gasteiger partial charge in [0.2, 0.25) is 5.75 Å². The maximum atomic E-state index is 12.9. The maximum absolute atomic E-state index is 12.9. The molecule has 0 atom stereocenters. The Morgan fingerprint density at radius 3 is 2.22 bits per heavy atom. The molecule has 2 heterocycles. The Morgan fingerprint density at radius 1 is 1.04 bits per heavy atom.